The van der Waals surface area contributed by atoms with Crippen molar-refractivity contribution in [1.82, 2.24) is 4.31 Å². The monoisotopic (exact) mass is 324 g/mol. The highest BCUT2D eigenvalue weighted by Gasteiger charge is 2.31. The third-order valence-electron chi connectivity index (χ3n) is 3.58. The van der Waals surface area contributed by atoms with E-state index in [9.17, 15) is 8.42 Å². The second kappa shape index (κ2) is 5.32. The van der Waals surface area contributed by atoms with E-state index in [1.807, 2.05) is 11.4 Å². The summed E-state index contributed by atoms with van der Waals surface area (Å²) in [5.41, 5.74) is 7.22. The largest absolute Gasteiger partial charge is 0.495 e. The molecule has 0 amide bonds. The maximum atomic E-state index is 12.8. The first-order chi connectivity index (χ1) is 10.0. The van der Waals surface area contributed by atoms with E-state index in [1.54, 1.807) is 23.5 Å². The van der Waals surface area contributed by atoms with Crippen molar-refractivity contribution in [2.75, 3.05) is 19.4 Å². The molecule has 0 unspecified atom stereocenters. The number of fused-ring (bicyclic) bond motifs is 1. The molecule has 2 aromatic rings. The Balaban J connectivity index is 2.00. The van der Waals surface area contributed by atoms with Crippen LogP contribution in [0.4, 0.5) is 5.69 Å². The van der Waals surface area contributed by atoms with Gasteiger partial charge in [-0.1, -0.05) is 0 Å². The number of nitrogen functional groups attached to an aromatic ring is 1. The molecule has 2 N–H and O–H groups in total. The standard InChI is InChI=1S/C14H16N2O3S2/c1-19-12-3-2-11(15)8-14(12)21(17,18)16-6-4-13-10(9-16)5-7-20-13/h2-3,5,7-8H,4,6,9,15H2,1H3. The van der Waals surface area contributed by atoms with Gasteiger partial charge in [-0.3, -0.25) is 0 Å². The lowest BCUT2D eigenvalue weighted by atomic mass is 10.1. The minimum atomic E-state index is -3.61. The van der Waals surface area contributed by atoms with E-state index >= 15 is 0 Å². The fraction of sp³-hybridized carbons (Fsp3) is 0.286. The van der Waals surface area contributed by atoms with Crippen LogP contribution in [-0.4, -0.2) is 26.4 Å². The van der Waals surface area contributed by atoms with Crippen LogP contribution in [0.3, 0.4) is 0 Å². The Labute approximate surface area is 128 Å². The van der Waals surface area contributed by atoms with Crippen LogP contribution < -0.4 is 10.5 Å². The van der Waals surface area contributed by atoms with Crippen LogP contribution in [0.1, 0.15) is 10.4 Å². The van der Waals surface area contributed by atoms with Gasteiger partial charge < -0.3 is 10.5 Å². The number of anilines is 1. The first kappa shape index (κ1) is 14.4. The van der Waals surface area contributed by atoms with Crippen molar-refractivity contribution >= 4 is 27.0 Å². The number of hydrogen-bond donors (Lipinski definition) is 1. The number of nitrogens with two attached hydrogens (primary N) is 1. The highest BCUT2D eigenvalue weighted by atomic mass is 32.2. The summed E-state index contributed by atoms with van der Waals surface area (Å²) in [4.78, 5) is 1.39. The molecule has 7 heteroatoms. The summed E-state index contributed by atoms with van der Waals surface area (Å²) in [6.07, 6.45) is 0.747. The summed E-state index contributed by atoms with van der Waals surface area (Å²) < 4.78 is 32.3. The predicted molar refractivity (Wildman–Crippen MR) is 83.0 cm³/mol. The number of methoxy groups -OCH3 is 1. The molecule has 0 saturated carbocycles. The van der Waals surface area contributed by atoms with Crippen LogP contribution in [-0.2, 0) is 23.0 Å². The zero-order chi connectivity index (χ0) is 15.0. The lowest BCUT2D eigenvalue weighted by Crippen LogP contribution is -2.35. The molecule has 5 nitrogen and oxygen atoms in total. The van der Waals surface area contributed by atoms with Crippen LogP contribution in [0.25, 0.3) is 0 Å². The maximum absolute atomic E-state index is 12.8. The van der Waals surface area contributed by atoms with Crippen LogP contribution in [0.5, 0.6) is 5.75 Å². The van der Waals surface area contributed by atoms with Gasteiger partial charge in [0.1, 0.15) is 10.6 Å². The smallest absolute Gasteiger partial charge is 0.247 e. The van der Waals surface area contributed by atoms with Crippen molar-refractivity contribution < 1.29 is 13.2 Å². The fourth-order valence-corrected chi connectivity index (χ4v) is 4.96. The number of rotatable bonds is 3. The second-order valence-corrected chi connectivity index (χ2v) is 7.77. The molecular weight excluding hydrogens is 308 g/mol. The van der Waals surface area contributed by atoms with Crippen molar-refractivity contribution in [3.05, 3.63) is 40.1 Å². The van der Waals surface area contributed by atoms with Crippen molar-refractivity contribution in [3.8, 4) is 5.75 Å². The predicted octanol–water partition coefficient (Wildman–Crippen LogP) is 2.09. The minimum absolute atomic E-state index is 0.128. The molecule has 1 aromatic heterocycles. The fourth-order valence-electron chi connectivity index (χ4n) is 2.46. The summed E-state index contributed by atoms with van der Waals surface area (Å²) in [6.45, 7) is 0.882. The van der Waals surface area contributed by atoms with E-state index in [0.29, 0.717) is 24.5 Å². The molecule has 1 aromatic carbocycles. The lowest BCUT2D eigenvalue weighted by Gasteiger charge is -2.27. The topological polar surface area (TPSA) is 72.6 Å². The Bertz CT molecular complexity index is 768. The quantitative estimate of drug-likeness (QED) is 0.878. The van der Waals surface area contributed by atoms with E-state index in [2.05, 4.69) is 0 Å². The summed E-state index contributed by atoms with van der Waals surface area (Å²) in [6, 6.07) is 6.66. The molecule has 0 aliphatic carbocycles. The molecule has 1 aliphatic heterocycles. The molecule has 0 bridgehead atoms. The van der Waals surface area contributed by atoms with E-state index in [-0.39, 0.29) is 4.90 Å². The van der Waals surface area contributed by atoms with Gasteiger partial charge in [-0.15, -0.1) is 11.3 Å². The van der Waals surface area contributed by atoms with Gasteiger partial charge in [-0.05, 0) is 41.6 Å². The van der Waals surface area contributed by atoms with Crippen molar-refractivity contribution in [3.63, 3.8) is 0 Å². The normalized spacial score (nSPS) is 15.7. The van der Waals surface area contributed by atoms with Crippen LogP contribution in [0.2, 0.25) is 0 Å². The maximum Gasteiger partial charge on any atom is 0.247 e. The number of benzene rings is 1. The molecule has 0 fully saturated rings. The average Bonchev–Trinajstić information content (AvgIpc) is 2.94. The van der Waals surface area contributed by atoms with E-state index in [0.717, 1.165) is 12.0 Å². The summed E-state index contributed by atoms with van der Waals surface area (Å²) in [5.74, 6) is 0.320. The number of thiophene rings is 1. The van der Waals surface area contributed by atoms with Gasteiger partial charge in [-0.25, -0.2) is 8.42 Å². The number of hydrogen-bond acceptors (Lipinski definition) is 5. The lowest BCUT2D eigenvalue weighted by molar-refractivity contribution is 0.379. The Morgan fingerprint density at radius 3 is 2.90 bits per heavy atom. The zero-order valence-electron chi connectivity index (χ0n) is 11.6. The van der Waals surface area contributed by atoms with Crippen LogP contribution >= 0.6 is 11.3 Å². The van der Waals surface area contributed by atoms with Crippen LogP contribution in [0, 0.1) is 0 Å². The zero-order valence-corrected chi connectivity index (χ0v) is 13.2. The van der Waals surface area contributed by atoms with Crippen LogP contribution in [0.15, 0.2) is 34.5 Å². The van der Waals surface area contributed by atoms with Gasteiger partial charge in [0.15, 0.2) is 0 Å². The molecule has 3 rings (SSSR count). The number of sulfonamides is 1. The second-order valence-electron chi connectivity index (χ2n) is 4.87. The summed E-state index contributed by atoms with van der Waals surface area (Å²) in [5, 5.41) is 2.00. The van der Waals surface area contributed by atoms with Gasteiger partial charge in [0.25, 0.3) is 0 Å². The van der Waals surface area contributed by atoms with Gasteiger partial charge in [-0.2, -0.15) is 4.31 Å². The first-order valence-electron chi connectivity index (χ1n) is 6.51. The van der Waals surface area contributed by atoms with Crippen molar-refractivity contribution in [2.45, 2.75) is 17.9 Å². The molecule has 21 heavy (non-hydrogen) atoms. The molecule has 0 spiro atoms. The summed E-state index contributed by atoms with van der Waals surface area (Å²) in [7, 11) is -2.16. The van der Waals surface area contributed by atoms with Gasteiger partial charge >= 0.3 is 0 Å². The third-order valence-corrected chi connectivity index (χ3v) is 6.47. The van der Waals surface area contributed by atoms with Crippen molar-refractivity contribution in [2.24, 2.45) is 0 Å². The molecule has 2 heterocycles. The van der Waals surface area contributed by atoms with E-state index in [1.165, 1.54) is 22.4 Å². The molecule has 112 valence electrons. The Hall–Kier alpha value is -1.57. The highest BCUT2D eigenvalue weighted by molar-refractivity contribution is 7.89. The molecular formula is C14H16N2O3S2. The van der Waals surface area contributed by atoms with E-state index < -0.39 is 10.0 Å². The summed E-state index contributed by atoms with van der Waals surface area (Å²) >= 11 is 1.68. The molecule has 1 aliphatic rings. The molecule has 0 atom stereocenters. The third kappa shape index (κ3) is 2.52. The van der Waals surface area contributed by atoms with Crippen molar-refractivity contribution in [1.29, 1.82) is 0 Å². The molecule has 0 saturated heterocycles. The highest BCUT2D eigenvalue weighted by Crippen LogP contribution is 2.32. The first-order valence-corrected chi connectivity index (χ1v) is 8.83. The van der Waals surface area contributed by atoms with Gasteiger partial charge in [0, 0.05) is 23.7 Å². The minimum Gasteiger partial charge on any atom is -0.495 e. The Kier molecular flexibility index (Phi) is 3.64. The number of nitrogens with zero attached hydrogens (tertiary/aromatic N) is 1. The van der Waals surface area contributed by atoms with Gasteiger partial charge in [0.2, 0.25) is 10.0 Å². The SMILES string of the molecule is COc1ccc(N)cc1S(=O)(=O)N1CCc2sccc2C1. The molecule has 0 radical (unpaired) electrons. The van der Waals surface area contributed by atoms with E-state index in [4.69, 9.17) is 10.5 Å². The van der Waals surface area contributed by atoms with Gasteiger partial charge in [0.05, 0.1) is 7.11 Å². The average molecular weight is 324 g/mol. The Morgan fingerprint density at radius 2 is 2.14 bits per heavy atom. The number of ether oxygens (including phenoxy) is 1. The Morgan fingerprint density at radius 1 is 1.33 bits per heavy atom.